The van der Waals surface area contributed by atoms with Gasteiger partial charge in [0, 0.05) is 18.1 Å². The highest BCUT2D eigenvalue weighted by Crippen LogP contribution is 2.28. The molecule has 3 heterocycles. The molecule has 3 aromatic heterocycles. The third kappa shape index (κ3) is 5.41. The molecule has 4 aromatic rings. The number of benzene rings is 1. The molecule has 0 saturated heterocycles. The number of amides is 2. The predicted octanol–water partition coefficient (Wildman–Crippen LogP) is 5.04. The molecule has 35 heavy (non-hydrogen) atoms. The Bertz CT molecular complexity index is 1390. The van der Waals surface area contributed by atoms with Crippen LogP contribution >= 0.6 is 27.5 Å². The van der Waals surface area contributed by atoms with Crippen molar-refractivity contribution >= 4 is 50.7 Å². The Morgan fingerprint density at radius 1 is 1.11 bits per heavy atom. The van der Waals surface area contributed by atoms with Crippen LogP contribution in [0.4, 0.5) is 11.4 Å². The van der Waals surface area contributed by atoms with Crippen LogP contribution in [0.3, 0.4) is 0 Å². The molecule has 0 fully saturated rings. The lowest BCUT2D eigenvalue weighted by Crippen LogP contribution is -2.21. The van der Waals surface area contributed by atoms with Crippen LogP contribution in [0.25, 0.3) is 0 Å². The van der Waals surface area contributed by atoms with Crippen LogP contribution in [0.5, 0.6) is 5.75 Å². The Morgan fingerprint density at radius 3 is 2.54 bits per heavy atom. The molecule has 182 valence electrons. The van der Waals surface area contributed by atoms with Crippen LogP contribution in [0.1, 0.15) is 39.4 Å². The molecular formula is C23H22BrClN6O4. The molecule has 0 radical (unpaired) electrons. The molecule has 10 nitrogen and oxygen atoms in total. The average Bonchev–Trinajstić information content (AvgIpc) is 3.54. The summed E-state index contributed by atoms with van der Waals surface area (Å²) in [7, 11) is 1.78. The molecule has 0 aliphatic heterocycles. The number of nitrogens with one attached hydrogen (secondary N) is 2. The number of hydrogen-bond donors (Lipinski definition) is 2. The van der Waals surface area contributed by atoms with Gasteiger partial charge in [-0.1, -0.05) is 27.5 Å². The number of anilines is 2. The number of hydrogen-bond acceptors (Lipinski definition) is 6. The van der Waals surface area contributed by atoms with Crippen LogP contribution < -0.4 is 15.4 Å². The molecule has 0 spiro atoms. The Hall–Kier alpha value is -3.57. The first-order valence-electron chi connectivity index (χ1n) is 10.6. The first kappa shape index (κ1) is 24.6. The van der Waals surface area contributed by atoms with Gasteiger partial charge in [-0.2, -0.15) is 10.2 Å². The van der Waals surface area contributed by atoms with Crippen molar-refractivity contribution in [2.45, 2.75) is 27.0 Å². The van der Waals surface area contributed by atoms with Gasteiger partial charge >= 0.3 is 0 Å². The number of halogens is 2. The van der Waals surface area contributed by atoms with Crippen molar-refractivity contribution < 1.29 is 18.7 Å². The largest absolute Gasteiger partial charge is 0.484 e. The van der Waals surface area contributed by atoms with Crippen molar-refractivity contribution in [3.8, 4) is 5.75 Å². The van der Waals surface area contributed by atoms with E-state index in [-0.39, 0.29) is 23.7 Å². The normalized spacial score (nSPS) is 10.9. The lowest BCUT2D eigenvalue weighted by Gasteiger charge is -2.09. The number of rotatable bonds is 8. The molecule has 0 aliphatic carbocycles. The van der Waals surface area contributed by atoms with Gasteiger partial charge in [-0.25, -0.2) is 0 Å². The van der Waals surface area contributed by atoms with E-state index in [1.54, 1.807) is 36.1 Å². The first-order valence-corrected chi connectivity index (χ1v) is 11.8. The fourth-order valence-corrected chi connectivity index (χ4v) is 3.99. The molecule has 4 rings (SSSR count). The summed E-state index contributed by atoms with van der Waals surface area (Å²) in [5, 5.41) is 14.3. The van der Waals surface area contributed by atoms with Gasteiger partial charge in [-0.05, 0) is 44.2 Å². The molecule has 0 bridgehead atoms. The molecule has 1 aromatic carbocycles. The number of nitrogens with zero attached hydrogens (tertiary/aromatic N) is 4. The fourth-order valence-electron chi connectivity index (χ4n) is 3.26. The van der Waals surface area contributed by atoms with Crippen molar-refractivity contribution in [1.82, 2.24) is 19.6 Å². The van der Waals surface area contributed by atoms with Gasteiger partial charge < -0.3 is 19.8 Å². The third-order valence-electron chi connectivity index (χ3n) is 5.24. The van der Waals surface area contributed by atoms with E-state index < -0.39 is 11.8 Å². The number of carbonyl (C=O) groups is 2. The fraction of sp³-hybridized carbons (Fsp3) is 0.217. The van der Waals surface area contributed by atoms with Gasteiger partial charge in [0.25, 0.3) is 11.8 Å². The van der Waals surface area contributed by atoms with Gasteiger partial charge in [0.2, 0.25) is 0 Å². The summed E-state index contributed by atoms with van der Waals surface area (Å²) in [5.74, 6) is 0.0345. The second kappa shape index (κ2) is 10.4. The summed E-state index contributed by atoms with van der Waals surface area (Å²) in [4.78, 5) is 25.8. The van der Waals surface area contributed by atoms with Gasteiger partial charge in [0.15, 0.2) is 5.76 Å². The summed E-state index contributed by atoms with van der Waals surface area (Å²) < 4.78 is 15.3. The minimum atomic E-state index is -0.528. The van der Waals surface area contributed by atoms with Gasteiger partial charge in [-0.3, -0.25) is 19.0 Å². The molecule has 0 saturated carbocycles. The van der Waals surface area contributed by atoms with Crippen LogP contribution in [-0.4, -0.2) is 31.4 Å². The highest BCUT2D eigenvalue weighted by molar-refractivity contribution is 9.10. The second-order valence-corrected chi connectivity index (χ2v) is 8.85. The zero-order chi connectivity index (χ0) is 25.1. The predicted molar refractivity (Wildman–Crippen MR) is 134 cm³/mol. The van der Waals surface area contributed by atoms with Crippen molar-refractivity contribution in [2.75, 3.05) is 10.6 Å². The van der Waals surface area contributed by atoms with E-state index in [1.165, 1.54) is 16.9 Å². The molecule has 2 amide bonds. The molecule has 2 N–H and O–H groups in total. The summed E-state index contributed by atoms with van der Waals surface area (Å²) in [5.41, 5.74) is 1.83. The topological polar surface area (TPSA) is 116 Å². The van der Waals surface area contributed by atoms with Gasteiger partial charge in [0.1, 0.15) is 23.8 Å². The second-order valence-electron chi connectivity index (χ2n) is 7.53. The maximum Gasteiger partial charge on any atom is 0.291 e. The Labute approximate surface area is 214 Å². The van der Waals surface area contributed by atoms with Gasteiger partial charge in [0.05, 0.1) is 34.5 Å². The zero-order valence-electron chi connectivity index (χ0n) is 19.1. The molecule has 0 aliphatic rings. The monoisotopic (exact) mass is 560 g/mol. The van der Waals surface area contributed by atoms with Crippen molar-refractivity contribution in [3.63, 3.8) is 0 Å². The quantitative estimate of drug-likeness (QED) is 0.311. The van der Waals surface area contributed by atoms with Crippen molar-refractivity contribution in [3.05, 3.63) is 75.1 Å². The maximum atomic E-state index is 13.0. The zero-order valence-corrected chi connectivity index (χ0v) is 21.5. The molecule has 0 unspecified atom stereocenters. The third-order valence-corrected chi connectivity index (χ3v) is 6.02. The standard InChI is InChI=1S/C23H22BrClN6O4/c1-4-31-21(23(33)28-17-10-26-30(3)13(17)2)18(11-27-31)29-22(32)20-8-6-15(35-20)12-34-19-7-5-14(24)9-16(19)25/h5-11H,4,12H2,1-3H3,(H,28,33)(H,29,32). The van der Waals surface area contributed by atoms with Crippen LogP contribution in [0, 0.1) is 6.92 Å². The Balaban J connectivity index is 1.45. The van der Waals surface area contributed by atoms with Crippen LogP contribution in [-0.2, 0) is 20.2 Å². The minimum absolute atomic E-state index is 0.0595. The van der Waals surface area contributed by atoms with Gasteiger partial charge in [-0.15, -0.1) is 0 Å². The number of aromatic nitrogens is 4. The van der Waals surface area contributed by atoms with Crippen LogP contribution in [0.15, 0.2) is 51.6 Å². The average molecular weight is 562 g/mol. The summed E-state index contributed by atoms with van der Waals surface area (Å²) in [6, 6.07) is 8.42. The number of aryl methyl sites for hydroxylation is 2. The molecule has 12 heteroatoms. The lowest BCUT2D eigenvalue weighted by atomic mass is 10.3. The van der Waals surface area contributed by atoms with E-state index in [1.807, 2.05) is 19.9 Å². The highest BCUT2D eigenvalue weighted by atomic mass is 79.9. The number of furan rings is 1. The Kier molecular flexibility index (Phi) is 7.27. The number of ether oxygens (including phenoxy) is 1. The van der Waals surface area contributed by atoms with Crippen molar-refractivity contribution in [1.29, 1.82) is 0 Å². The highest BCUT2D eigenvalue weighted by Gasteiger charge is 2.22. The Morgan fingerprint density at radius 2 is 1.86 bits per heavy atom. The van der Waals surface area contributed by atoms with E-state index in [0.29, 0.717) is 28.8 Å². The summed E-state index contributed by atoms with van der Waals surface area (Å²) >= 11 is 9.50. The lowest BCUT2D eigenvalue weighted by molar-refractivity contribution is 0.0992. The number of carbonyl (C=O) groups excluding carboxylic acids is 2. The molecular weight excluding hydrogens is 540 g/mol. The van der Waals surface area contributed by atoms with E-state index in [4.69, 9.17) is 20.8 Å². The minimum Gasteiger partial charge on any atom is -0.484 e. The van der Waals surface area contributed by atoms with Crippen molar-refractivity contribution in [2.24, 2.45) is 7.05 Å². The maximum absolute atomic E-state index is 13.0. The molecule has 0 atom stereocenters. The SMILES string of the molecule is CCn1ncc(NC(=O)c2ccc(COc3ccc(Br)cc3Cl)o2)c1C(=O)Nc1cnn(C)c1C. The van der Waals surface area contributed by atoms with E-state index in [9.17, 15) is 9.59 Å². The van der Waals surface area contributed by atoms with E-state index in [0.717, 1.165) is 10.2 Å². The summed E-state index contributed by atoms with van der Waals surface area (Å²) in [6.07, 6.45) is 2.99. The van der Waals surface area contributed by atoms with Crippen LogP contribution in [0.2, 0.25) is 5.02 Å². The van der Waals surface area contributed by atoms with E-state index in [2.05, 4.69) is 36.8 Å². The van der Waals surface area contributed by atoms with E-state index >= 15 is 0 Å². The summed E-state index contributed by atoms with van der Waals surface area (Å²) in [6.45, 7) is 4.21. The smallest absolute Gasteiger partial charge is 0.291 e. The first-order chi connectivity index (χ1) is 16.8.